The van der Waals surface area contributed by atoms with Crippen LogP contribution in [0.3, 0.4) is 0 Å². The molecule has 1 aliphatic rings. The Morgan fingerprint density at radius 3 is 2.58 bits per heavy atom. The van der Waals surface area contributed by atoms with E-state index in [0.29, 0.717) is 25.9 Å². The van der Waals surface area contributed by atoms with Crippen LogP contribution in [0.1, 0.15) is 26.2 Å². The molecule has 7 nitrogen and oxygen atoms in total. The highest BCUT2D eigenvalue weighted by atomic mass is 16.7. The van der Waals surface area contributed by atoms with E-state index < -0.39 is 37.3 Å². The fourth-order valence-electron chi connectivity index (χ4n) is 1.93. The number of rotatable bonds is 7. The van der Waals surface area contributed by atoms with Crippen LogP contribution in [0.2, 0.25) is 0 Å². The molecule has 0 aliphatic carbocycles. The third-order valence-electron chi connectivity index (χ3n) is 3.13. The highest BCUT2D eigenvalue weighted by Gasteiger charge is 2.42. The van der Waals surface area contributed by atoms with Gasteiger partial charge in [-0.3, -0.25) is 0 Å². The summed E-state index contributed by atoms with van der Waals surface area (Å²) in [4.78, 5) is 10.7. The summed E-state index contributed by atoms with van der Waals surface area (Å²) >= 11 is 0. The average Bonchev–Trinajstić information content (AvgIpc) is 2.37. The van der Waals surface area contributed by atoms with E-state index >= 15 is 0 Å². The van der Waals surface area contributed by atoms with Gasteiger partial charge in [0.15, 0.2) is 6.29 Å². The fourth-order valence-corrected chi connectivity index (χ4v) is 1.93. The predicted molar refractivity (Wildman–Crippen MR) is 66.2 cm³/mol. The Morgan fingerprint density at radius 2 is 2.00 bits per heavy atom. The molecule has 0 amide bonds. The molecule has 0 aromatic rings. The zero-order valence-corrected chi connectivity index (χ0v) is 11.1. The number of aliphatic hydroxyl groups is 3. The number of aliphatic hydroxyl groups excluding tert-OH is 3. The van der Waals surface area contributed by atoms with Crippen LogP contribution >= 0.6 is 0 Å². The number of nitrogens with two attached hydrogens (primary N) is 1. The van der Waals surface area contributed by atoms with Crippen molar-refractivity contribution in [1.82, 2.24) is 0 Å². The molecule has 19 heavy (non-hydrogen) atoms. The lowest BCUT2D eigenvalue weighted by molar-refractivity contribution is -0.265. The number of unbranched alkanes of at least 4 members (excludes halogenated alkanes) is 1. The molecule has 1 saturated heterocycles. The molecule has 1 fully saturated rings. The summed E-state index contributed by atoms with van der Waals surface area (Å²) in [6, 6.07) is -0.870. The Bertz CT molecular complexity index is 285. The minimum atomic E-state index is -1.22. The molecule has 112 valence electrons. The Labute approximate surface area is 112 Å². The maximum atomic E-state index is 10.7. The fraction of sp³-hybridized carbons (Fsp3) is 0.917. The zero-order chi connectivity index (χ0) is 14.4. The molecule has 0 bridgehead atoms. The van der Waals surface area contributed by atoms with Gasteiger partial charge in [-0.2, -0.15) is 0 Å². The van der Waals surface area contributed by atoms with E-state index in [1.54, 1.807) is 0 Å². The topological polar surface area (TPSA) is 122 Å². The summed E-state index contributed by atoms with van der Waals surface area (Å²) in [6.45, 7) is 1.45. The maximum absolute atomic E-state index is 10.7. The van der Waals surface area contributed by atoms with Crippen LogP contribution in [-0.4, -0.2) is 65.0 Å². The lowest BCUT2D eigenvalue weighted by Gasteiger charge is -2.40. The average molecular weight is 277 g/mol. The molecule has 5 N–H and O–H groups in total. The number of hydrogen-bond donors (Lipinski definition) is 4. The van der Waals surface area contributed by atoms with Crippen molar-refractivity contribution in [3.05, 3.63) is 0 Å². The van der Waals surface area contributed by atoms with Gasteiger partial charge in [0.05, 0.1) is 12.6 Å². The quantitative estimate of drug-likeness (QED) is 0.419. The van der Waals surface area contributed by atoms with Crippen LogP contribution < -0.4 is 5.73 Å². The molecule has 1 aliphatic heterocycles. The summed E-state index contributed by atoms with van der Waals surface area (Å²) in [6.07, 6.45) is -2.31. The molecular weight excluding hydrogens is 254 g/mol. The lowest BCUT2D eigenvalue weighted by Crippen LogP contribution is -2.62. The number of carbonyl (C=O) groups excluding carboxylic acids is 1. The van der Waals surface area contributed by atoms with E-state index in [9.17, 15) is 15.0 Å². The predicted octanol–water partition coefficient (Wildman–Crippen LogP) is -1.47. The second-order valence-corrected chi connectivity index (χ2v) is 4.81. The van der Waals surface area contributed by atoms with Gasteiger partial charge in [-0.05, 0) is 19.8 Å². The molecule has 2 unspecified atom stereocenters. The second-order valence-electron chi connectivity index (χ2n) is 4.81. The van der Waals surface area contributed by atoms with Crippen molar-refractivity contribution in [2.24, 2.45) is 5.73 Å². The molecule has 7 heteroatoms. The maximum Gasteiger partial charge on any atom is 0.175 e. The minimum absolute atomic E-state index is 0.129. The number of carbonyl (C=O) groups is 1. The highest BCUT2D eigenvalue weighted by Crippen LogP contribution is 2.20. The number of hydrogen-bond acceptors (Lipinski definition) is 7. The van der Waals surface area contributed by atoms with Crippen LogP contribution in [-0.2, 0) is 14.3 Å². The van der Waals surface area contributed by atoms with E-state index in [4.69, 9.17) is 20.3 Å². The van der Waals surface area contributed by atoms with E-state index in [1.807, 2.05) is 0 Å². The summed E-state index contributed by atoms with van der Waals surface area (Å²) < 4.78 is 10.7. The Morgan fingerprint density at radius 1 is 1.32 bits per heavy atom. The zero-order valence-electron chi connectivity index (χ0n) is 11.1. The highest BCUT2D eigenvalue weighted by molar-refractivity contribution is 5.75. The van der Waals surface area contributed by atoms with E-state index in [1.165, 1.54) is 6.92 Å². The first kappa shape index (κ1) is 16.5. The van der Waals surface area contributed by atoms with Gasteiger partial charge in [0.25, 0.3) is 0 Å². The van der Waals surface area contributed by atoms with Crippen molar-refractivity contribution in [2.75, 3.05) is 13.2 Å². The van der Waals surface area contributed by atoms with Gasteiger partial charge in [-0.25, -0.2) is 0 Å². The summed E-state index contributed by atoms with van der Waals surface area (Å²) in [5.41, 5.74) is 5.70. The monoisotopic (exact) mass is 277 g/mol. The van der Waals surface area contributed by atoms with E-state index in [2.05, 4.69) is 0 Å². The van der Waals surface area contributed by atoms with Crippen LogP contribution in [0.5, 0.6) is 0 Å². The molecule has 5 atom stereocenters. The number of Topliss-reactive ketones (excluding diaryl/α,β-unsaturated/α-hetero) is 1. The van der Waals surface area contributed by atoms with Crippen molar-refractivity contribution in [3.63, 3.8) is 0 Å². The first-order chi connectivity index (χ1) is 8.97. The largest absolute Gasteiger partial charge is 0.394 e. The summed E-state index contributed by atoms with van der Waals surface area (Å²) in [7, 11) is 0. The summed E-state index contributed by atoms with van der Waals surface area (Å²) in [5.74, 6) is 0.129. The Hall–Kier alpha value is -0.570. The van der Waals surface area contributed by atoms with Crippen molar-refractivity contribution in [1.29, 1.82) is 0 Å². The molecule has 0 aromatic carbocycles. The van der Waals surface area contributed by atoms with Crippen molar-refractivity contribution in [3.8, 4) is 0 Å². The van der Waals surface area contributed by atoms with E-state index in [-0.39, 0.29) is 5.78 Å². The van der Waals surface area contributed by atoms with Gasteiger partial charge in [-0.15, -0.1) is 0 Å². The minimum Gasteiger partial charge on any atom is -0.394 e. The lowest BCUT2D eigenvalue weighted by atomic mass is 9.98. The Balaban J connectivity index is 2.33. The van der Waals surface area contributed by atoms with Gasteiger partial charge < -0.3 is 35.3 Å². The van der Waals surface area contributed by atoms with Crippen molar-refractivity contribution < 1.29 is 29.6 Å². The van der Waals surface area contributed by atoms with Crippen molar-refractivity contribution >= 4 is 5.78 Å². The molecule has 0 radical (unpaired) electrons. The smallest absolute Gasteiger partial charge is 0.175 e. The third kappa shape index (κ3) is 4.79. The van der Waals surface area contributed by atoms with Crippen LogP contribution in [0.15, 0.2) is 0 Å². The van der Waals surface area contributed by atoms with Gasteiger partial charge in [-0.1, -0.05) is 0 Å². The molecular formula is C12H23NO6. The van der Waals surface area contributed by atoms with Gasteiger partial charge >= 0.3 is 0 Å². The van der Waals surface area contributed by atoms with Gasteiger partial charge in [0, 0.05) is 13.0 Å². The summed E-state index contributed by atoms with van der Waals surface area (Å²) in [5, 5.41) is 28.3. The molecule has 1 rings (SSSR count). The van der Waals surface area contributed by atoms with Crippen molar-refractivity contribution in [2.45, 2.75) is 56.8 Å². The first-order valence-electron chi connectivity index (χ1n) is 6.46. The molecule has 0 spiro atoms. The van der Waals surface area contributed by atoms with Gasteiger partial charge in [0.2, 0.25) is 0 Å². The van der Waals surface area contributed by atoms with E-state index in [0.717, 1.165) is 0 Å². The molecule has 0 aromatic heterocycles. The third-order valence-corrected chi connectivity index (χ3v) is 3.13. The Kier molecular flexibility index (Phi) is 6.84. The standard InChI is InChI=1S/C12H23NO6/c1-7(15)4-2-3-5-18-12-9(13)11(17)10(16)8(6-14)19-12/h8-12,14,16-17H,2-6,13H2,1H3/t8?,9?,10-,11+,12+/m0/s1. The number of ketones is 1. The van der Waals surface area contributed by atoms with Crippen LogP contribution in [0.4, 0.5) is 0 Å². The van der Waals surface area contributed by atoms with Gasteiger partial charge in [0.1, 0.15) is 24.1 Å². The molecule has 0 saturated carbocycles. The number of ether oxygens (including phenoxy) is 2. The SMILES string of the molecule is CC(=O)CCCCO[C@@H]1OC(CO)[C@H](O)[C@H](O)C1N. The normalized spacial score (nSPS) is 35.3. The van der Waals surface area contributed by atoms with Crippen LogP contribution in [0, 0.1) is 0 Å². The van der Waals surface area contributed by atoms with Crippen LogP contribution in [0.25, 0.3) is 0 Å². The first-order valence-corrected chi connectivity index (χ1v) is 6.46. The molecule has 1 heterocycles. The second kappa shape index (κ2) is 7.88.